The molecule has 2 bridgehead atoms. The van der Waals surface area contributed by atoms with E-state index in [2.05, 4.69) is 4.90 Å². The van der Waals surface area contributed by atoms with Gasteiger partial charge in [0.2, 0.25) is 11.7 Å². The number of benzene rings is 1. The van der Waals surface area contributed by atoms with E-state index in [4.69, 9.17) is 14.2 Å². The molecule has 1 aromatic rings. The lowest BCUT2D eigenvalue weighted by Crippen LogP contribution is -2.43. The van der Waals surface area contributed by atoms with Crippen LogP contribution in [0.3, 0.4) is 0 Å². The van der Waals surface area contributed by atoms with Crippen molar-refractivity contribution in [2.75, 3.05) is 41.0 Å². The standard InChI is InChI=1S/C19H28N2O4/c1-13(22)20-9-14-5-6-16(12-20)21(10-14)11-15-7-17(23-2)19(25-4)18(8-15)24-3/h7-8,14,16H,5-6,9-12H2,1-4H3/t14-,16+/m1/s1. The normalized spacial score (nSPS) is 23.3. The van der Waals surface area contributed by atoms with Crippen molar-refractivity contribution in [3.63, 3.8) is 0 Å². The van der Waals surface area contributed by atoms with Crippen LogP contribution in [0.5, 0.6) is 17.2 Å². The van der Waals surface area contributed by atoms with E-state index >= 15 is 0 Å². The molecule has 6 nitrogen and oxygen atoms in total. The number of nitrogens with zero attached hydrogens (tertiary/aromatic N) is 2. The maximum absolute atomic E-state index is 11.8. The van der Waals surface area contributed by atoms with Gasteiger partial charge in [-0.2, -0.15) is 0 Å². The van der Waals surface area contributed by atoms with Gasteiger partial charge in [0.1, 0.15) is 0 Å². The molecule has 25 heavy (non-hydrogen) atoms. The first-order valence-corrected chi connectivity index (χ1v) is 8.84. The molecule has 2 atom stereocenters. The average molecular weight is 348 g/mol. The SMILES string of the molecule is COc1cc(CN2C[C@@H]3CC[C@H]2CN(C(C)=O)C3)cc(OC)c1OC. The zero-order valence-electron chi connectivity index (χ0n) is 15.6. The van der Waals surface area contributed by atoms with Crippen LogP contribution in [0, 0.1) is 5.92 Å². The zero-order chi connectivity index (χ0) is 18.0. The fraction of sp³-hybridized carbons (Fsp3) is 0.632. The van der Waals surface area contributed by atoms with Gasteiger partial charge < -0.3 is 19.1 Å². The molecule has 3 fully saturated rings. The number of rotatable bonds is 5. The van der Waals surface area contributed by atoms with Crippen molar-refractivity contribution in [1.29, 1.82) is 0 Å². The molecule has 0 unspecified atom stereocenters. The average Bonchev–Trinajstić information content (AvgIpc) is 2.93. The van der Waals surface area contributed by atoms with Gasteiger partial charge in [-0.25, -0.2) is 0 Å². The quantitative estimate of drug-likeness (QED) is 0.816. The minimum atomic E-state index is 0.187. The van der Waals surface area contributed by atoms with E-state index in [1.165, 1.54) is 6.42 Å². The third-order valence-electron chi connectivity index (χ3n) is 5.38. The Bertz CT molecular complexity index is 609. The molecule has 3 heterocycles. The predicted octanol–water partition coefficient (Wildman–Crippen LogP) is 2.16. The summed E-state index contributed by atoms with van der Waals surface area (Å²) in [5.74, 6) is 2.73. The van der Waals surface area contributed by atoms with E-state index in [9.17, 15) is 4.79 Å². The van der Waals surface area contributed by atoms with Gasteiger partial charge in [-0.15, -0.1) is 0 Å². The number of methoxy groups -OCH3 is 3. The van der Waals surface area contributed by atoms with E-state index in [0.29, 0.717) is 29.2 Å². The van der Waals surface area contributed by atoms with Crippen LogP contribution in [0.15, 0.2) is 12.1 Å². The maximum Gasteiger partial charge on any atom is 0.219 e. The van der Waals surface area contributed by atoms with Crippen molar-refractivity contribution >= 4 is 5.91 Å². The molecule has 0 aromatic heterocycles. The van der Waals surface area contributed by atoms with Crippen molar-refractivity contribution in [2.24, 2.45) is 5.92 Å². The maximum atomic E-state index is 11.8. The molecule has 0 radical (unpaired) electrons. The second kappa shape index (κ2) is 7.52. The second-order valence-electron chi connectivity index (χ2n) is 6.98. The van der Waals surface area contributed by atoms with E-state index in [-0.39, 0.29) is 5.91 Å². The van der Waals surface area contributed by atoms with Crippen molar-refractivity contribution in [3.05, 3.63) is 17.7 Å². The Morgan fingerprint density at radius 2 is 1.72 bits per heavy atom. The smallest absolute Gasteiger partial charge is 0.219 e. The number of fused-ring (bicyclic) bond motifs is 4. The minimum Gasteiger partial charge on any atom is -0.493 e. The molecule has 138 valence electrons. The van der Waals surface area contributed by atoms with Crippen molar-refractivity contribution in [1.82, 2.24) is 9.80 Å². The van der Waals surface area contributed by atoms with Crippen molar-refractivity contribution < 1.29 is 19.0 Å². The van der Waals surface area contributed by atoms with Gasteiger partial charge in [0, 0.05) is 39.1 Å². The van der Waals surface area contributed by atoms with Crippen molar-refractivity contribution in [3.8, 4) is 17.2 Å². The van der Waals surface area contributed by atoms with Gasteiger partial charge in [0.05, 0.1) is 21.3 Å². The minimum absolute atomic E-state index is 0.187. The Balaban J connectivity index is 1.81. The van der Waals surface area contributed by atoms with Crippen LogP contribution in [0.4, 0.5) is 0 Å². The summed E-state index contributed by atoms with van der Waals surface area (Å²) in [6.07, 6.45) is 2.36. The van der Waals surface area contributed by atoms with Crippen LogP contribution in [0.2, 0.25) is 0 Å². The van der Waals surface area contributed by atoms with Gasteiger partial charge >= 0.3 is 0 Å². The lowest BCUT2D eigenvalue weighted by Gasteiger charge is -2.36. The molecule has 3 aliphatic rings. The largest absolute Gasteiger partial charge is 0.493 e. The molecular weight excluding hydrogens is 320 g/mol. The van der Waals surface area contributed by atoms with Crippen LogP contribution < -0.4 is 14.2 Å². The highest BCUT2D eigenvalue weighted by Gasteiger charge is 2.35. The molecule has 0 N–H and O–H groups in total. The molecule has 3 saturated heterocycles. The van der Waals surface area contributed by atoms with Gasteiger partial charge in [-0.3, -0.25) is 9.69 Å². The monoisotopic (exact) mass is 348 g/mol. The molecule has 1 amide bonds. The Labute approximate surface area is 149 Å². The third-order valence-corrected chi connectivity index (χ3v) is 5.38. The summed E-state index contributed by atoms with van der Waals surface area (Å²) in [6, 6.07) is 4.45. The fourth-order valence-corrected chi connectivity index (χ4v) is 4.09. The number of hydrogen-bond donors (Lipinski definition) is 0. The molecule has 1 aromatic carbocycles. The Hall–Kier alpha value is -1.95. The predicted molar refractivity (Wildman–Crippen MR) is 95.3 cm³/mol. The molecule has 0 spiro atoms. The Morgan fingerprint density at radius 3 is 2.28 bits per heavy atom. The Kier molecular flexibility index (Phi) is 5.37. The highest BCUT2D eigenvalue weighted by atomic mass is 16.5. The number of carbonyl (C=O) groups excluding carboxylic acids is 1. The molecule has 6 heteroatoms. The topological polar surface area (TPSA) is 51.2 Å². The summed E-state index contributed by atoms with van der Waals surface area (Å²) in [5.41, 5.74) is 1.14. The van der Waals surface area contributed by atoms with Crippen LogP contribution >= 0.6 is 0 Å². The molecule has 4 rings (SSSR count). The first kappa shape index (κ1) is 17.9. The second-order valence-corrected chi connectivity index (χ2v) is 6.98. The van der Waals surface area contributed by atoms with Crippen molar-refractivity contribution in [2.45, 2.75) is 32.4 Å². The first-order chi connectivity index (χ1) is 12.0. The van der Waals surface area contributed by atoms with Crippen LogP contribution in [0.1, 0.15) is 25.3 Å². The Morgan fingerprint density at radius 1 is 1.04 bits per heavy atom. The highest BCUT2D eigenvalue weighted by Crippen LogP contribution is 2.39. The van der Waals surface area contributed by atoms with E-state index < -0.39 is 0 Å². The van der Waals surface area contributed by atoms with Gasteiger partial charge in [-0.05, 0) is 36.5 Å². The van der Waals surface area contributed by atoms with Gasteiger partial charge in [0.15, 0.2) is 11.5 Å². The summed E-state index contributed by atoms with van der Waals surface area (Å²) in [5, 5.41) is 0. The summed E-state index contributed by atoms with van der Waals surface area (Å²) in [7, 11) is 4.89. The number of carbonyl (C=O) groups is 1. The zero-order valence-corrected chi connectivity index (χ0v) is 15.6. The summed E-state index contributed by atoms with van der Waals surface area (Å²) < 4.78 is 16.3. The van der Waals surface area contributed by atoms with Crippen LogP contribution in [-0.4, -0.2) is 62.7 Å². The number of amides is 1. The highest BCUT2D eigenvalue weighted by molar-refractivity contribution is 5.73. The van der Waals surface area contributed by atoms with E-state index in [1.807, 2.05) is 17.0 Å². The summed E-state index contributed by atoms with van der Waals surface area (Å²) in [6.45, 7) is 5.25. The van der Waals surface area contributed by atoms with Gasteiger partial charge in [-0.1, -0.05) is 0 Å². The van der Waals surface area contributed by atoms with Gasteiger partial charge in [0.25, 0.3) is 0 Å². The molecule has 0 aliphatic carbocycles. The fourth-order valence-electron chi connectivity index (χ4n) is 4.09. The van der Waals surface area contributed by atoms with Crippen LogP contribution in [-0.2, 0) is 11.3 Å². The lowest BCUT2D eigenvalue weighted by molar-refractivity contribution is -0.129. The molecular formula is C19H28N2O4. The number of piperidine rings is 1. The number of ether oxygens (including phenoxy) is 3. The summed E-state index contributed by atoms with van der Waals surface area (Å²) >= 11 is 0. The van der Waals surface area contributed by atoms with Crippen LogP contribution in [0.25, 0.3) is 0 Å². The summed E-state index contributed by atoms with van der Waals surface area (Å²) in [4.78, 5) is 16.3. The molecule has 3 aliphatic heterocycles. The lowest BCUT2D eigenvalue weighted by atomic mass is 9.94. The van der Waals surface area contributed by atoms with E-state index in [0.717, 1.165) is 38.2 Å². The number of hydrogen-bond acceptors (Lipinski definition) is 5. The first-order valence-electron chi connectivity index (χ1n) is 8.84. The molecule has 0 saturated carbocycles. The third kappa shape index (κ3) is 3.68. The van der Waals surface area contributed by atoms with E-state index in [1.54, 1.807) is 28.3 Å².